The summed E-state index contributed by atoms with van der Waals surface area (Å²) in [7, 11) is 2.02. The van der Waals surface area contributed by atoms with Gasteiger partial charge in [0, 0.05) is 31.7 Å². The summed E-state index contributed by atoms with van der Waals surface area (Å²) in [5.74, 6) is -0.675. The summed E-state index contributed by atoms with van der Waals surface area (Å²) in [5, 5.41) is 2.71. The Balaban J connectivity index is 1.57. The van der Waals surface area contributed by atoms with Crippen molar-refractivity contribution in [1.82, 2.24) is 15.1 Å². The number of nitrogens with zero attached hydrogens (tertiary/aromatic N) is 2. The van der Waals surface area contributed by atoms with E-state index in [0.29, 0.717) is 31.5 Å². The lowest BCUT2D eigenvalue weighted by molar-refractivity contribution is -0.134. The normalized spacial score (nSPS) is 20.2. The van der Waals surface area contributed by atoms with Crippen LogP contribution < -0.4 is 5.32 Å². The third-order valence-corrected chi connectivity index (χ3v) is 4.83. The largest absolute Gasteiger partial charge is 0.346 e. The number of likely N-dealkylation sites (N-methyl/N-ethyl adjacent to an activating group) is 1. The maximum Gasteiger partial charge on any atom is 0.242 e. The van der Waals surface area contributed by atoms with Gasteiger partial charge in [-0.3, -0.25) is 9.59 Å². The van der Waals surface area contributed by atoms with Gasteiger partial charge in [-0.1, -0.05) is 18.2 Å². The lowest BCUT2D eigenvalue weighted by Crippen LogP contribution is -2.50. The van der Waals surface area contributed by atoms with Crippen LogP contribution in [0.25, 0.3) is 0 Å². The van der Waals surface area contributed by atoms with Crippen LogP contribution in [0.15, 0.2) is 24.3 Å². The van der Waals surface area contributed by atoms with Crippen molar-refractivity contribution in [2.24, 2.45) is 0 Å². The highest BCUT2D eigenvalue weighted by Crippen LogP contribution is 2.49. The second kappa shape index (κ2) is 6.28. The molecule has 1 saturated heterocycles. The van der Waals surface area contributed by atoms with Gasteiger partial charge in [0.2, 0.25) is 11.8 Å². The van der Waals surface area contributed by atoms with Crippen LogP contribution in [0.1, 0.15) is 18.4 Å². The Labute approximate surface area is 135 Å². The highest BCUT2D eigenvalue weighted by atomic mass is 19.1. The Morgan fingerprint density at radius 3 is 2.43 bits per heavy atom. The second-order valence-corrected chi connectivity index (χ2v) is 6.43. The maximum absolute atomic E-state index is 14.0. The molecule has 0 atom stereocenters. The van der Waals surface area contributed by atoms with Gasteiger partial charge >= 0.3 is 0 Å². The average molecular weight is 319 g/mol. The number of rotatable bonds is 4. The van der Waals surface area contributed by atoms with Gasteiger partial charge in [-0.05, 0) is 26.0 Å². The van der Waals surface area contributed by atoms with Crippen LogP contribution in [0.5, 0.6) is 0 Å². The van der Waals surface area contributed by atoms with Crippen molar-refractivity contribution >= 4 is 11.8 Å². The van der Waals surface area contributed by atoms with Crippen molar-refractivity contribution in [3.8, 4) is 0 Å². The molecule has 0 aromatic heterocycles. The topological polar surface area (TPSA) is 52.6 Å². The summed E-state index contributed by atoms with van der Waals surface area (Å²) in [5.41, 5.74) is -0.349. The van der Waals surface area contributed by atoms with Crippen molar-refractivity contribution in [2.45, 2.75) is 18.3 Å². The molecule has 2 amide bonds. The van der Waals surface area contributed by atoms with E-state index in [0.717, 1.165) is 13.1 Å². The number of amides is 2. The molecule has 124 valence electrons. The molecule has 1 aromatic rings. The van der Waals surface area contributed by atoms with Crippen molar-refractivity contribution < 1.29 is 14.0 Å². The number of hydrogen-bond acceptors (Lipinski definition) is 3. The summed E-state index contributed by atoms with van der Waals surface area (Å²) in [6.07, 6.45) is 1.25. The molecule has 1 N–H and O–H groups in total. The van der Waals surface area contributed by atoms with Crippen molar-refractivity contribution in [2.75, 3.05) is 39.8 Å². The minimum Gasteiger partial charge on any atom is -0.346 e. The van der Waals surface area contributed by atoms with E-state index in [-0.39, 0.29) is 24.2 Å². The van der Waals surface area contributed by atoms with Gasteiger partial charge in [0.05, 0.1) is 12.0 Å². The molecule has 3 rings (SSSR count). The third kappa shape index (κ3) is 3.22. The predicted octanol–water partition coefficient (Wildman–Crippen LogP) is 0.748. The van der Waals surface area contributed by atoms with E-state index < -0.39 is 5.41 Å². The number of nitrogens with one attached hydrogen (secondary N) is 1. The van der Waals surface area contributed by atoms with E-state index in [4.69, 9.17) is 0 Å². The Kier molecular flexibility index (Phi) is 4.35. The van der Waals surface area contributed by atoms with E-state index in [1.54, 1.807) is 23.1 Å². The van der Waals surface area contributed by atoms with Gasteiger partial charge in [0.1, 0.15) is 5.82 Å². The summed E-state index contributed by atoms with van der Waals surface area (Å²) >= 11 is 0. The Morgan fingerprint density at radius 2 is 1.83 bits per heavy atom. The molecule has 0 bridgehead atoms. The molecule has 1 saturated carbocycles. The zero-order chi connectivity index (χ0) is 16.4. The van der Waals surface area contributed by atoms with E-state index in [2.05, 4.69) is 10.2 Å². The summed E-state index contributed by atoms with van der Waals surface area (Å²) in [4.78, 5) is 28.6. The number of carbonyl (C=O) groups excluding carboxylic acids is 2. The molecule has 1 aromatic carbocycles. The second-order valence-electron chi connectivity index (χ2n) is 6.43. The molecule has 23 heavy (non-hydrogen) atoms. The highest BCUT2D eigenvalue weighted by molar-refractivity contribution is 5.94. The number of piperazine rings is 1. The zero-order valence-electron chi connectivity index (χ0n) is 13.3. The first-order valence-electron chi connectivity index (χ1n) is 8.02. The van der Waals surface area contributed by atoms with Crippen molar-refractivity contribution in [3.05, 3.63) is 35.6 Å². The fourth-order valence-electron chi connectivity index (χ4n) is 3.09. The third-order valence-electron chi connectivity index (χ3n) is 4.83. The number of carbonyl (C=O) groups is 2. The van der Waals surface area contributed by atoms with Crippen LogP contribution in [0.2, 0.25) is 0 Å². The van der Waals surface area contributed by atoms with Gasteiger partial charge in [0.15, 0.2) is 0 Å². The number of benzene rings is 1. The molecule has 1 aliphatic carbocycles. The first-order valence-corrected chi connectivity index (χ1v) is 8.02. The fraction of sp³-hybridized carbons (Fsp3) is 0.529. The van der Waals surface area contributed by atoms with Crippen molar-refractivity contribution in [1.29, 1.82) is 0 Å². The fourth-order valence-corrected chi connectivity index (χ4v) is 3.09. The number of halogens is 1. The quantitative estimate of drug-likeness (QED) is 0.891. The van der Waals surface area contributed by atoms with Crippen LogP contribution in [-0.4, -0.2) is 61.4 Å². The van der Waals surface area contributed by atoms with E-state index in [1.807, 2.05) is 7.05 Å². The summed E-state index contributed by atoms with van der Waals surface area (Å²) in [6.45, 7) is 3.05. The molecule has 1 heterocycles. The Morgan fingerprint density at radius 1 is 1.17 bits per heavy atom. The standard InChI is InChI=1S/C17H22FN3O2/c1-20-8-10-21(11-9-20)15(22)12-19-16(23)17(6-7-17)13-4-2-3-5-14(13)18/h2-5H,6-12H2,1H3,(H,19,23). The first kappa shape index (κ1) is 15.9. The molecule has 0 radical (unpaired) electrons. The van der Waals surface area contributed by atoms with Gasteiger partial charge in [-0.15, -0.1) is 0 Å². The van der Waals surface area contributed by atoms with Gasteiger partial charge in [-0.2, -0.15) is 0 Å². The van der Waals surface area contributed by atoms with E-state index >= 15 is 0 Å². The van der Waals surface area contributed by atoms with Crippen LogP contribution in [0.3, 0.4) is 0 Å². The average Bonchev–Trinajstić information content (AvgIpc) is 3.35. The van der Waals surface area contributed by atoms with Crippen LogP contribution in [-0.2, 0) is 15.0 Å². The molecule has 1 aliphatic heterocycles. The minimum absolute atomic E-state index is 0.0151. The van der Waals surface area contributed by atoms with Gasteiger partial charge in [0.25, 0.3) is 0 Å². The van der Waals surface area contributed by atoms with Gasteiger partial charge in [-0.25, -0.2) is 4.39 Å². The van der Waals surface area contributed by atoms with Crippen molar-refractivity contribution in [3.63, 3.8) is 0 Å². The Hall–Kier alpha value is -1.95. The first-order chi connectivity index (χ1) is 11.0. The van der Waals surface area contributed by atoms with E-state index in [9.17, 15) is 14.0 Å². The molecule has 0 spiro atoms. The SMILES string of the molecule is CN1CCN(C(=O)CNC(=O)C2(c3ccccc3F)CC2)CC1. The molecule has 6 heteroatoms. The summed E-state index contributed by atoms with van der Waals surface area (Å²) < 4.78 is 14.0. The number of hydrogen-bond donors (Lipinski definition) is 1. The molecule has 0 unspecified atom stereocenters. The smallest absolute Gasteiger partial charge is 0.242 e. The maximum atomic E-state index is 14.0. The van der Waals surface area contributed by atoms with Gasteiger partial charge < -0.3 is 15.1 Å². The van der Waals surface area contributed by atoms with Crippen LogP contribution in [0.4, 0.5) is 4.39 Å². The lowest BCUT2D eigenvalue weighted by Gasteiger charge is -2.32. The Bertz CT molecular complexity index is 608. The molecular formula is C17H22FN3O2. The monoisotopic (exact) mass is 319 g/mol. The van der Waals surface area contributed by atoms with E-state index in [1.165, 1.54) is 6.07 Å². The molecule has 2 aliphatic rings. The van der Waals surface area contributed by atoms with Crippen LogP contribution >= 0.6 is 0 Å². The minimum atomic E-state index is -0.784. The predicted molar refractivity (Wildman–Crippen MR) is 84.4 cm³/mol. The molecular weight excluding hydrogens is 297 g/mol. The molecule has 5 nitrogen and oxygen atoms in total. The zero-order valence-corrected chi connectivity index (χ0v) is 13.3. The lowest BCUT2D eigenvalue weighted by atomic mass is 9.94. The molecule has 2 fully saturated rings. The van der Waals surface area contributed by atoms with Crippen LogP contribution in [0, 0.1) is 5.82 Å². The summed E-state index contributed by atoms with van der Waals surface area (Å²) in [6, 6.07) is 6.38. The highest BCUT2D eigenvalue weighted by Gasteiger charge is 2.52.